The van der Waals surface area contributed by atoms with Gasteiger partial charge in [0.1, 0.15) is 6.04 Å². The van der Waals surface area contributed by atoms with Crippen molar-refractivity contribution in [1.82, 2.24) is 10.2 Å². The number of benzene rings is 1. The summed E-state index contributed by atoms with van der Waals surface area (Å²) in [6, 6.07) is 3.88. The molecule has 23 heavy (non-hydrogen) atoms. The monoisotopic (exact) mass is 330 g/mol. The lowest BCUT2D eigenvalue weighted by Crippen LogP contribution is -2.49. The van der Waals surface area contributed by atoms with Crippen LogP contribution in [0.4, 0.5) is 13.2 Å². The molecule has 0 aliphatic rings. The van der Waals surface area contributed by atoms with Crippen LogP contribution in [-0.4, -0.2) is 36.9 Å². The summed E-state index contributed by atoms with van der Waals surface area (Å²) in [6.45, 7) is 4.57. The number of rotatable bonds is 4. The molecule has 1 N–H and O–H groups in total. The van der Waals surface area contributed by atoms with E-state index in [-0.39, 0.29) is 11.5 Å². The Morgan fingerprint density at radius 2 is 1.65 bits per heavy atom. The average molecular weight is 330 g/mol. The second-order valence-corrected chi connectivity index (χ2v) is 6.13. The van der Waals surface area contributed by atoms with Gasteiger partial charge >= 0.3 is 6.18 Å². The van der Waals surface area contributed by atoms with Crippen molar-refractivity contribution in [2.75, 3.05) is 14.1 Å². The molecule has 0 fully saturated rings. The minimum atomic E-state index is -4.48. The summed E-state index contributed by atoms with van der Waals surface area (Å²) in [5.41, 5.74) is -1.79. The maximum Gasteiger partial charge on any atom is 0.416 e. The Bertz CT molecular complexity index is 595. The van der Waals surface area contributed by atoms with Gasteiger partial charge in [0.25, 0.3) is 0 Å². The summed E-state index contributed by atoms with van der Waals surface area (Å²) in [5, 5.41) is 2.55. The molecule has 0 spiro atoms. The van der Waals surface area contributed by atoms with E-state index in [9.17, 15) is 22.8 Å². The molecule has 1 atom stereocenters. The van der Waals surface area contributed by atoms with Crippen LogP contribution in [0.1, 0.15) is 31.9 Å². The summed E-state index contributed by atoms with van der Waals surface area (Å²) in [5.74, 6) is -0.808. The van der Waals surface area contributed by atoms with Crippen LogP contribution >= 0.6 is 0 Å². The Labute approximate surface area is 133 Å². The van der Waals surface area contributed by atoms with Crippen LogP contribution in [0.15, 0.2) is 24.3 Å². The molecule has 0 radical (unpaired) electrons. The van der Waals surface area contributed by atoms with Crippen LogP contribution in [0.5, 0.6) is 0 Å². The standard InChI is InChI=1S/C16H21F3N2O2/c1-10(13(22)21(4)5)20-14(23)15(2,3)11-7-6-8-12(9-11)16(17,18)19/h6-10H,1-5H3,(H,20,23)/t10-/m0/s1. The van der Waals surface area contributed by atoms with Gasteiger partial charge in [0.2, 0.25) is 11.8 Å². The van der Waals surface area contributed by atoms with Gasteiger partial charge in [-0.1, -0.05) is 18.2 Å². The molecule has 0 bridgehead atoms. The van der Waals surface area contributed by atoms with Crippen molar-refractivity contribution in [3.8, 4) is 0 Å². The predicted octanol–water partition coefficient (Wildman–Crippen LogP) is 2.58. The summed E-state index contributed by atoms with van der Waals surface area (Å²) < 4.78 is 38.4. The number of carbonyl (C=O) groups is 2. The number of carbonyl (C=O) groups excluding carboxylic acids is 2. The summed E-state index contributed by atoms with van der Waals surface area (Å²) in [4.78, 5) is 25.5. The van der Waals surface area contributed by atoms with E-state index in [0.29, 0.717) is 0 Å². The molecule has 0 saturated heterocycles. The Morgan fingerprint density at radius 3 is 2.13 bits per heavy atom. The Morgan fingerprint density at radius 1 is 1.13 bits per heavy atom. The summed E-state index contributed by atoms with van der Waals surface area (Å²) >= 11 is 0. The summed E-state index contributed by atoms with van der Waals surface area (Å²) in [6.07, 6.45) is -4.48. The maximum absolute atomic E-state index is 12.8. The van der Waals surface area contributed by atoms with Crippen LogP contribution < -0.4 is 5.32 Å². The number of halogens is 3. The zero-order valence-corrected chi connectivity index (χ0v) is 13.8. The van der Waals surface area contributed by atoms with E-state index in [2.05, 4.69) is 5.32 Å². The molecule has 7 heteroatoms. The number of hydrogen-bond donors (Lipinski definition) is 1. The van der Waals surface area contributed by atoms with Crippen LogP contribution in [0.2, 0.25) is 0 Å². The molecular formula is C16H21F3N2O2. The van der Waals surface area contributed by atoms with Gasteiger partial charge in [-0.3, -0.25) is 9.59 Å². The number of amides is 2. The van der Waals surface area contributed by atoms with Crippen molar-refractivity contribution < 1.29 is 22.8 Å². The Hall–Kier alpha value is -2.05. The van der Waals surface area contributed by atoms with Crippen molar-refractivity contribution in [3.63, 3.8) is 0 Å². The van der Waals surface area contributed by atoms with E-state index < -0.39 is 29.1 Å². The highest BCUT2D eigenvalue weighted by Gasteiger charge is 2.35. The third-order valence-electron chi connectivity index (χ3n) is 3.64. The molecule has 0 heterocycles. The fraction of sp³-hybridized carbons (Fsp3) is 0.500. The lowest BCUT2D eigenvalue weighted by Gasteiger charge is -2.27. The number of nitrogens with zero attached hydrogens (tertiary/aromatic N) is 1. The lowest BCUT2D eigenvalue weighted by atomic mass is 9.82. The van der Waals surface area contributed by atoms with Gasteiger partial charge in [-0.25, -0.2) is 0 Å². The van der Waals surface area contributed by atoms with Crippen molar-refractivity contribution >= 4 is 11.8 Å². The molecule has 128 valence electrons. The number of likely N-dealkylation sites (N-methyl/N-ethyl adjacent to an activating group) is 1. The minimum Gasteiger partial charge on any atom is -0.347 e. The molecule has 4 nitrogen and oxygen atoms in total. The van der Waals surface area contributed by atoms with E-state index in [1.54, 1.807) is 14.1 Å². The van der Waals surface area contributed by atoms with Gasteiger partial charge in [-0.15, -0.1) is 0 Å². The zero-order valence-electron chi connectivity index (χ0n) is 13.8. The first kappa shape index (κ1) is 19.0. The number of nitrogens with one attached hydrogen (secondary N) is 1. The predicted molar refractivity (Wildman–Crippen MR) is 80.8 cm³/mol. The first-order valence-corrected chi connectivity index (χ1v) is 7.07. The topological polar surface area (TPSA) is 49.4 Å². The normalized spacial score (nSPS) is 13.4. The van der Waals surface area contributed by atoms with E-state index in [0.717, 1.165) is 12.1 Å². The van der Waals surface area contributed by atoms with Gasteiger partial charge in [0.05, 0.1) is 11.0 Å². The van der Waals surface area contributed by atoms with Crippen LogP contribution in [0.3, 0.4) is 0 Å². The van der Waals surface area contributed by atoms with Gasteiger partial charge < -0.3 is 10.2 Å². The van der Waals surface area contributed by atoms with Crippen LogP contribution in [-0.2, 0) is 21.2 Å². The van der Waals surface area contributed by atoms with Crippen LogP contribution in [0.25, 0.3) is 0 Å². The fourth-order valence-electron chi connectivity index (χ4n) is 2.04. The van der Waals surface area contributed by atoms with Crippen molar-refractivity contribution in [2.24, 2.45) is 0 Å². The SMILES string of the molecule is C[C@H](NC(=O)C(C)(C)c1cccc(C(F)(F)F)c1)C(=O)N(C)C. The van der Waals surface area contributed by atoms with Crippen LogP contribution in [0, 0.1) is 0 Å². The molecule has 0 aromatic heterocycles. The summed E-state index contributed by atoms with van der Waals surface area (Å²) in [7, 11) is 3.12. The highest BCUT2D eigenvalue weighted by molar-refractivity contribution is 5.92. The molecule has 1 rings (SSSR count). The van der Waals surface area contributed by atoms with Crippen molar-refractivity contribution in [2.45, 2.75) is 38.4 Å². The van der Waals surface area contributed by atoms with E-state index >= 15 is 0 Å². The molecule has 0 aliphatic carbocycles. The third kappa shape index (κ3) is 4.46. The second kappa shape index (κ2) is 6.60. The van der Waals surface area contributed by atoms with Crippen molar-refractivity contribution in [1.29, 1.82) is 0 Å². The van der Waals surface area contributed by atoms with Gasteiger partial charge in [-0.2, -0.15) is 13.2 Å². The zero-order chi connectivity index (χ0) is 18.0. The smallest absolute Gasteiger partial charge is 0.347 e. The van der Waals surface area contributed by atoms with Gasteiger partial charge in [-0.05, 0) is 32.4 Å². The molecule has 1 aromatic carbocycles. The van der Waals surface area contributed by atoms with Gasteiger partial charge in [0, 0.05) is 14.1 Å². The van der Waals surface area contributed by atoms with E-state index in [1.807, 2.05) is 0 Å². The van der Waals surface area contributed by atoms with E-state index in [1.165, 1.54) is 37.8 Å². The first-order chi connectivity index (χ1) is 10.4. The number of alkyl halides is 3. The Kier molecular flexibility index (Phi) is 5.45. The minimum absolute atomic E-state index is 0.231. The second-order valence-electron chi connectivity index (χ2n) is 6.13. The highest BCUT2D eigenvalue weighted by atomic mass is 19.4. The largest absolute Gasteiger partial charge is 0.416 e. The van der Waals surface area contributed by atoms with Gasteiger partial charge in [0.15, 0.2) is 0 Å². The van der Waals surface area contributed by atoms with E-state index in [4.69, 9.17) is 0 Å². The third-order valence-corrected chi connectivity index (χ3v) is 3.64. The lowest BCUT2D eigenvalue weighted by molar-refractivity contribution is -0.138. The maximum atomic E-state index is 12.8. The quantitative estimate of drug-likeness (QED) is 0.922. The first-order valence-electron chi connectivity index (χ1n) is 7.07. The average Bonchev–Trinajstić information content (AvgIpc) is 2.45. The molecular weight excluding hydrogens is 309 g/mol. The highest BCUT2D eigenvalue weighted by Crippen LogP contribution is 2.32. The number of hydrogen-bond acceptors (Lipinski definition) is 2. The molecule has 2 amide bonds. The fourth-order valence-corrected chi connectivity index (χ4v) is 2.04. The Balaban J connectivity index is 3.02. The molecule has 1 aromatic rings. The molecule has 0 saturated carbocycles. The molecule has 0 aliphatic heterocycles. The molecule has 0 unspecified atom stereocenters. The van der Waals surface area contributed by atoms with Crippen molar-refractivity contribution in [3.05, 3.63) is 35.4 Å².